The normalized spacial score (nSPS) is 14.6. The van der Waals surface area contributed by atoms with E-state index in [1.54, 1.807) is 0 Å². The lowest BCUT2D eigenvalue weighted by Gasteiger charge is -2.23. The number of carbonyl (C=O) groups is 2. The summed E-state index contributed by atoms with van der Waals surface area (Å²) < 4.78 is 0. The molecular weight excluding hydrogens is 292 g/mol. The third kappa shape index (κ3) is 7.68. The fourth-order valence-corrected chi connectivity index (χ4v) is 2.35. The van der Waals surface area contributed by atoms with Crippen molar-refractivity contribution in [3.63, 3.8) is 0 Å². The van der Waals surface area contributed by atoms with Gasteiger partial charge in [-0.3, -0.25) is 4.79 Å². The van der Waals surface area contributed by atoms with Crippen LogP contribution in [0.3, 0.4) is 0 Å². The lowest BCUT2D eigenvalue weighted by molar-refractivity contribution is -0.137. The summed E-state index contributed by atoms with van der Waals surface area (Å²) in [5.74, 6) is -0.453. The number of carbonyl (C=O) groups excluding carboxylic acids is 1. The molecular formula is C18H28N2O3. The Balaban J connectivity index is 2.61. The van der Waals surface area contributed by atoms with Gasteiger partial charge in [0.15, 0.2) is 0 Å². The van der Waals surface area contributed by atoms with Crippen molar-refractivity contribution in [1.29, 1.82) is 0 Å². The van der Waals surface area contributed by atoms with Crippen LogP contribution in [-0.4, -0.2) is 29.2 Å². The quantitative estimate of drug-likeness (QED) is 0.654. The standard InChI is InChI=1S/C18H28N2O3/c1-4-13(2)14(3)19-18(23)20-16(10-11-17(21)22)12-15-8-6-5-7-9-15/h5-9,13-14,16H,4,10-12H2,1-3H3,(H,21,22)(H2,19,20,23). The molecule has 23 heavy (non-hydrogen) atoms. The van der Waals surface area contributed by atoms with E-state index in [0.29, 0.717) is 18.8 Å². The van der Waals surface area contributed by atoms with E-state index in [-0.39, 0.29) is 24.5 Å². The monoisotopic (exact) mass is 320 g/mol. The number of urea groups is 1. The highest BCUT2D eigenvalue weighted by atomic mass is 16.4. The zero-order valence-electron chi connectivity index (χ0n) is 14.2. The highest BCUT2D eigenvalue weighted by Gasteiger charge is 2.17. The number of nitrogens with one attached hydrogen (secondary N) is 2. The molecule has 0 radical (unpaired) electrons. The topological polar surface area (TPSA) is 78.4 Å². The molecule has 3 atom stereocenters. The van der Waals surface area contributed by atoms with Gasteiger partial charge in [0.25, 0.3) is 0 Å². The van der Waals surface area contributed by atoms with Gasteiger partial charge in [-0.1, -0.05) is 50.6 Å². The summed E-state index contributed by atoms with van der Waals surface area (Å²) in [7, 11) is 0. The summed E-state index contributed by atoms with van der Waals surface area (Å²) in [6.45, 7) is 6.17. The Morgan fingerprint density at radius 2 is 1.78 bits per heavy atom. The van der Waals surface area contributed by atoms with E-state index in [4.69, 9.17) is 5.11 Å². The van der Waals surface area contributed by atoms with Crippen molar-refractivity contribution in [1.82, 2.24) is 10.6 Å². The lowest BCUT2D eigenvalue weighted by atomic mass is 10.0. The van der Waals surface area contributed by atoms with Crippen molar-refractivity contribution in [3.05, 3.63) is 35.9 Å². The Kier molecular flexibility index (Phi) is 8.16. The average Bonchev–Trinajstić information content (AvgIpc) is 2.52. The highest BCUT2D eigenvalue weighted by molar-refractivity contribution is 5.74. The summed E-state index contributed by atoms with van der Waals surface area (Å²) in [6.07, 6.45) is 2.07. The highest BCUT2D eigenvalue weighted by Crippen LogP contribution is 2.09. The van der Waals surface area contributed by atoms with Crippen LogP contribution in [0.1, 0.15) is 45.6 Å². The number of benzene rings is 1. The first-order chi connectivity index (χ1) is 10.9. The summed E-state index contributed by atoms with van der Waals surface area (Å²) in [5, 5.41) is 14.7. The number of hydrogen-bond donors (Lipinski definition) is 3. The molecule has 0 fully saturated rings. The van der Waals surface area contributed by atoms with Crippen LogP contribution in [-0.2, 0) is 11.2 Å². The molecule has 0 saturated heterocycles. The molecule has 0 bridgehead atoms. The number of rotatable bonds is 9. The lowest BCUT2D eigenvalue weighted by Crippen LogP contribution is -2.47. The van der Waals surface area contributed by atoms with Crippen molar-refractivity contribution in [2.45, 2.75) is 58.5 Å². The predicted molar refractivity (Wildman–Crippen MR) is 91.4 cm³/mol. The molecule has 0 aliphatic heterocycles. The second-order valence-corrected chi connectivity index (χ2v) is 6.11. The number of aliphatic carboxylic acids is 1. The van der Waals surface area contributed by atoms with E-state index in [9.17, 15) is 9.59 Å². The largest absolute Gasteiger partial charge is 0.481 e. The molecule has 3 unspecified atom stereocenters. The van der Waals surface area contributed by atoms with E-state index in [1.807, 2.05) is 37.3 Å². The average molecular weight is 320 g/mol. The van der Waals surface area contributed by atoms with E-state index in [1.165, 1.54) is 0 Å². The Labute approximate surface area is 138 Å². The van der Waals surface area contributed by atoms with Crippen molar-refractivity contribution in [2.24, 2.45) is 5.92 Å². The maximum absolute atomic E-state index is 12.1. The van der Waals surface area contributed by atoms with Crippen LogP contribution in [0.2, 0.25) is 0 Å². The molecule has 1 rings (SSSR count). The van der Waals surface area contributed by atoms with Gasteiger partial charge in [-0.2, -0.15) is 0 Å². The van der Waals surface area contributed by atoms with Gasteiger partial charge in [-0.15, -0.1) is 0 Å². The molecule has 0 spiro atoms. The van der Waals surface area contributed by atoms with E-state index in [2.05, 4.69) is 24.5 Å². The van der Waals surface area contributed by atoms with E-state index in [0.717, 1.165) is 12.0 Å². The summed E-state index contributed by atoms with van der Waals surface area (Å²) in [4.78, 5) is 23.0. The van der Waals surface area contributed by atoms with Gasteiger partial charge in [-0.25, -0.2) is 4.79 Å². The maximum Gasteiger partial charge on any atom is 0.315 e. The molecule has 5 heteroatoms. The van der Waals surface area contributed by atoms with Gasteiger partial charge in [0, 0.05) is 18.5 Å². The third-order valence-corrected chi connectivity index (χ3v) is 4.22. The third-order valence-electron chi connectivity index (χ3n) is 4.22. The molecule has 2 amide bonds. The first-order valence-electron chi connectivity index (χ1n) is 8.25. The predicted octanol–water partition coefficient (Wildman–Crippen LogP) is 3.20. The molecule has 0 heterocycles. The smallest absolute Gasteiger partial charge is 0.315 e. The van der Waals surface area contributed by atoms with Crippen molar-refractivity contribution >= 4 is 12.0 Å². The maximum atomic E-state index is 12.1. The second kappa shape index (κ2) is 9.87. The Morgan fingerprint density at radius 3 is 2.35 bits per heavy atom. The van der Waals surface area contributed by atoms with Gasteiger partial charge in [0.05, 0.1) is 0 Å². The van der Waals surface area contributed by atoms with Crippen molar-refractivity contribution in [2.75, 3.05) is 0 Å². The molecule has 128 valence electrons. The minimum absolute atomic E-state index is 0.0404. The fraction of sp³-hybridized carbons (Fsp3) is 0.556. The van der Waals surface area contributed by atoms with Crippen molar-refractivity contribution < 1.29 is 14.7 Å². The van der Waals surface area contributed by atoms with Gasteiger partial charge in [-0.05, 0) is 31.2 Å². The first kappa shape index (κ1) is 19.0. The number of hydrogen-bond acceptors (Lipinski definition) is 2. The molecule has 5 nitrogen and oxygen atoms in total. The van der Waals surface area contributed by atoms with Gasteiger partial charge in [0.1, 0.15) is 0 Å². The van der Waals surface area contributed by atoms with Gasteiger partial charge >= 0.3 is 12.0 Å². The van der Waals surface area contributed by atoms with Crippen LogP contribution in [0.4, 0.5) is 4.79 Å². The SMILES string of the molecule is CCC(C)C(C)NC(=O)NC(CCC(=O)O)Cc1ccccc1. The summed E-state index contributed by atoms with van der Waals surface area (Å²) in [6, 6.07) is 9.43. The summed E-state index contributed by atoms with van der Waals surface area (Å²) >= 11 is 0. The minimum atomic E-state index is -0.849. The van der Waals surface area contributed by atoms with Crippen LogP contribution in [0.25, 0.3) is 0 Å². The summed E-state index contributed by atoms with van der Waals surface area (Å²) in [5.41, 5.74) is 1.08. The Morgan fingerprint density at radius 1 is 1.13 bits per heavy atom. The van der Waals surface area contributed by atoms with Gasteiger partial charge < -0.3 is 15.7 Å². The fourth-order valence-electron chi connectivity index (χ4n) is 2.35. The first-order valence-corrected chi connectivity index (χ1v) is 8.25. The number of carboxylic acid groups (broad SMARTS) is 1. The van der Waals surface area contributed by atoms with Crippen LogP contribution in [0, 0.1) is 5.92 Å². The Bertz CT molecular complexity index is 490. The Hall–Kier alpha value is -2.04. The number of amides is 2. The molecule has 0 saturated carbocycles. The van der Waals surface area contributed by atoms with Crippen LogP contribution in [0.15, 0.2) is 30.3 Å². The van der Waals surface area contributed by atoms with E-state index >= 15 is 0 Å². The zero-order chi connectivity index (χ0) is 17.2. The molecule has 1 aromatic carbocycles. The van der Waals surface area contributed by atoms with Crippen LogP contribution in [0.5, 0.6) is 0 Å². The number of carboxylic acids is 1. The van der Waals surface area contributed by atoms with Gasteiger partial charge in [0.2, 0.25) is 0 Å². The molecule has 0 aliphatic carbocycles. The minimum Gasteiger partial charge on any atom is -0.481 e. The second-order valence-electron chi connectivity index (χ2n) is 6.11. The molecule has 0 aromatic heterocycles. The molecule has 3 N–H and O–H groups in total. The molecule has 1 aromatic rings. The van der Waals surface area contributed by atoms with Crippen LogP contribution < -0.4 is 10.6 Å². The van der Waals surface area contributed by atoms with E-state index < -0.39 is 5.97 Å². The molecule has 0 aliphatic rings. The van der Waals surface area contributed by atoms with Crippen LogP contribution >= 0.6 is 0 Å². The zero-order valence-corrected chi connectivity index (χ0v) is 14.2. The van der Waals surface area contributed by atoms with Crippen molar-refractivity contribution in [3.8, 4) is 0 Å².